The highest BCUT2D eigenvalue weighted by Gasteiger charge is 2.58. The maximum absolute atomic E-state index is 7.54. The summed E-state index contributed by atoms with van der Waals surface area (Å²) in [7, 11) is 0. The molecule has 1 fully saturated rings. The van der Waals surface area contributed by atoms with Crippen LogP contribution in [0.2, 0.25) is 0 Å². The monoisotopic (exact) mass is 1120 g/mol. The van der Waals surface area contributed by atoms with Crippen LogP contribution in [0.3, 0.4) is 0 Å². The Morgan fingerprint density at radius 2 is 1.07 bits per heavy atom. The van der Waals surface area contributed by atoms with Gasteiger partial charge in [-0.3, -0.25) is 0 Å². The first kappa shape index (κ1) is 53.2. The van der Waals surface area contributed by atoms with E-state index in [0.717, 1.165) is 46.2 Å². The Kier molecular flexibility index (Phi) is 11.4. The summed E-state index contributed by atoms with van der Waals surface area (Å²) in [6, 6.07) is 66.5. The quantitative estimate of drug-likeness (QED) is 0.164. The van der Waals surface area contributed by atoms with Crippen LogP contribution >= 0.6 is 11.3 Å². The first-order valence-corrected chi connectivity index (χ1v) is 31.7. The summed E-state index contributed by atoms with van der Waals surface area (Å²) in [4.78, 5) is 8.20. The maximum Gasteiger partial charge on any atom is 0.252 e. The van der Waals surface area contributed by atoms with Crippen molar-refractivity contribution < 1.29 is 4.42 Å². The molecule has 3 aliphatic heterocycles. The van der Waals surface area contributed by atoms with Crippen molar-refractivity contribution >= 4 is 122 Å². The molecular formula is C78H78BN3OS. The molecule has 15 rings (SSSR count). The summed E-state index contributed by atoms with van der Waals surface area (Å²) in [5.41, 5.74) is 24.0. The lowest BCUT2D eigenvalue weighted by Crippen LogP contribution is -2.61. The normalized spacial score (nSPS) is 18.6. The van der Waals surface area contributed by atoms with Crippen LogP contribution in [0, 0.1) is 0 Å². The van der Waals surface area contributed by atoms with Gasteiger partial charge in [-0.1, -0.05) is 212 Å². The van der Waals surface area contributed by atoms with Gasteiger partial charge in [0, 0.05) is 65.7 Å². The van der Waals surface area contributed by atoms with Crippen LogP contribution in [0.4, 0.5) is 45.5 Å². The molecule has 6 heteroatoms. The predicted molar refractivity (Wildman–Crippen MR) is 364 cm³/mol. The summed E-state index contributed by atoms with van der Waals surface area (Å²) in [6.45, 7) is 33.2. The number of benzene rings is 9. The molecule has 0 bridgehead atoms. The number of nitrogens with zero attached hydrogens (tertiary/aromatic N) is 3. The zero-order valence-electron chi connectivity index (χ0n) is 51.7. The largest absolute Gasteiger partial charge is 0.454 e. The van der Waals surface area contributed by atoms with E-state index in [0.29, 0.717) is 0 Å². The molecule has 2 unspecified atom stereocenters. The van der Waals surface area contributed by atoms with E-state index >= 15 is 0 Å². The number of hydrogen-bond donors (Lipinski definition) is 0. The van der Waals surface area contributed by atoms with Gasteiger partial charge in [0.05, 0.1) is 27.3 Å². The highest BCUT2D eigenvalue weighted by molar-refractivity contribution is 7.26. The topological polar surface area (TPSA) is 22.9 Å². The fourth-order valence-electron chi connectivity index (χ4n) is 15.4. The van der Waals surface area contributed by atoms with Gasteiger partial charge in [0.2, 0.25) is 0 Å². The average molecular weight is 1120 g/mol. The number of rotatable bonds is 4. The first-order valence-electron chi connectivity index (χ1n) is 30.9. The molecule has 1 saturated carbocycles. The van der Waals surface area contributed by atoms with Crippen molar-refractivity contribution in [2.24, 2.45) is 0 Å². The van der Waals surface area contributed by atoms with E-state index in [2.05, 4.69) is 281 Å². The molecular weight excluding hydrogens is 1040 g/mol. The van der Waals surface area contributed by atoms with Crippen LogP contribution in [0.25, 0.3) is 53.2 Å². The Bertz CT molecular complexity index is 4550. The number of thiophene rings is 1. The summed E-state index contributed by atoms with van der Waals surface area (Å²) < 4.78 is 10.1. The molecule has 2 atom stereocenters. The Balaban J connectivity index is 1.13. The van der Waals surface area contributed by atoms with Gasteiger partial charge in [-0.15, -0.1) is 11.3 Å². The second-order valence-electron chi connectivity index (χ2n) is 29.7. The molecule has 0 N–H and O–H groups in total. The summed E-state index contributed by atoms with van der Waals surface area (Å²) in [6.07, 6.45) is 4.65. The van der Waals surface area contributed by atoms with Gasteiger partial charge in [0.25, 0.3) is 6.71 Å². The van der Waals surface area contributed by atoms with Crippen molar-refractivity contribution in [3.05, 3.63) is 198 Å². The number of hydrogen-bond acceptors (Lipinski definition) is 5. The fourth-order valence-corrected chi connectivity index (χ4v) is 16.6. The van der Waals surface area contributed by atoms with E-state index < -0.39 is 0 Å². The van der Waals surface area contributed by atoms with Crippen molar-refractivity contribution in [2.45, 2.75) is 155 Å². The molecule has 0 saturated heterocycles. The third-order valence-electron chi connectivity index (χ3n) is 20.4. The molecule has 420 valence electrons. The molecule has 4 aliphatic rings. The van der Waals surface area contributed by atoms with E-state index in [1.54, 1.807) is 0 Å². The SMILES string of the molecule is CC(C)(C)c1ccc2c(c1)B1c3ccc4c(oc5ccc(C(C)(C)C)cc54)c3N(c3ccc(C(C)(C)C)cc3-c3ccccc3)c3cc(N4c5ccc(C(C)(C)C)cc5C5(C)CCCCC45C)cc(c31)N2c1cccc2c1sc1ccccc12. The van der Waals surface area contributed by atoms with E-state index in [1.807, 2.05) is 11.3 Å². The minimum atomic E-state index is -0.216. The van der Waals surface area contributed by atoms with E-state index in [4.69, 9.17) is 4.42 Å². The number of fused-ring (bicyclic) bond motifs is 14. The van der Waals surface area contributed by atoms with Crippen LogP contribution in [-0.2, 0) is 27.1 Å². The standard InChI is InChI=1S/C78H78BN3OS/c1-73(2,3)48-29-35-61(56(41-48)47-23-16-15-17-24-47)81-66-46-52(82-62-36-30-50(75(7,8)9)43-58(62)77(13)39-20-21-40-78(77,82)14)45-65-69(66)79(59-34-33-54-57-42-49(74(4,5)6)32-38-67(57)83-71(54)70(59)81)60-44-51(76(10,11)12)31-37-63(60)80(65)64-27-22-26-55-53-25-18-19-28-68(53)84-72(55)64/h15-19,22-38,41-46H,20-21,39-40H2,1-14H3. The fraction of sp³-hybridized carbons (Fsp3) is 0.308. The number of anilines is 8. The second-order valence-corrected chi connectivity index (χ2v) is 30.8. The van der Waals surface area contributed by atoms with Crippen molar-refractivity contribution in [1.82, 2.24) is 0 Å². The Morgan fingerprint density at radius 3 is 1.80 bits per heavy atom. The van der Waals surface area contributed by atoms with Crippen molar-refractivity contribution in [2.75, 3.05) is 14.7 Å². The third kappa shape index (κ3) is 7.70. The zero-order chi connectivity index (χ0) is 58.4. The molecule has 84 heavy (non-hydrogen) atoms. The van der Waals surface area contributed by atoms with Gasteiger partial charge in [0.15, 0.2) is 5.58 Å². The van der Waals surface area contributed by atoms with Gasteiger partial charge < -0.3 is 19.1 Å². The van der Waals surface area contributed by atoms with Gasteiger partial charge in [-0.2, -0.15) is 0 Å². The Hall–Kier alpha value is -7.54. The first-order chi connectivity index (χ1) is 39.9. The van der Waals surface area contributed by atoms with Crippen molar-refractivity contribution in [1.29, 1.82) is 0 Å². The lowest BCUT2D eigenvalue weighted by atomic mass is 9.33. The summed E-state index contributed by atoms with van der Waals surface area (Å²) >= 11 is 1.92. The third-order valence-corrected chi connectivity index (χ3v) is 21.6. The average Bonchev–Trinajstić information content (AvgIpc) is 2.12. The highest BCUT2D eigenvalue weighted by atomic mass is 32.1. The van der Waals surface area contributed by atoms with E-state index in [1.165, 1.54) is 122 Å². The maximum atomic E-state index is 7.54. The van der Waals surface area contributed by atoms with Gasteiger partial charge in [-0.25, -0.2) is 0 Å². The van der Waals surface area contributed by atoms with Crippen LogP contribution in [-0.4, -0.2) is 12.3 Å². The van der Waals surface area contributed by atoms with Crippen molar-refractivity contribution in [3.63, 3.8) is 0 Å². The Morgan fingerprint density at radius 1 is 0.464 bits per heavy atom. The second kappa shape index (κ2) is 18.0. The minimum absolute atomic E-state index is 0.00639. The van der Waals surface area contributed by atoms with Gasteiger partial charge in [0.1, 0.15) is 5.58 Å². The van der Waals surface area contributed by atoms with Crippen LogP contribution in [0.1, 0.15) is 150 Å². The molecule has 0 radical (unpaired) electrons. The molecule has 0 amide bonds. The van der Waals surface area contributed by atoms with Crippen LogP contribution < -0.4 is 31.1 Å². The minimum Gasteiger partial charge on any atom is -0.454 e. The molecule has 11 aromatic rings. The van der Waals surface area contributed by atoms with E-state index in [-0.39, 0.29) is 39.3 Å². The lowest BCUT2D eigenvalue weighted by molar-refractivity contribution is 0.195. The molecule has 5 heterocycles. The molecule has 1 aliphatic carbocycles. The zero-order valence-corrected chi connectivity index (χ0v) is 52.5. The predicted octanol–water partition coefficient (Wildman–Crippen LogP) is 20.6. The molecule has 4 nitrogen and oxygen atoms in total. The van der Waals surface area contributed by atoms with Gasteiger partial charge >= 0.3 is 0 Å². The lowest BCUT2D eigenvalue weighted by Gasteiger charge is -2.51. The van der Waals surface area contributed by atoms with E-state index in [9.17, 15) is 0 Å². The highest BCUT2D eigenvalue weighted by Crippen LogP contribution is 2.63. The summed E-state index contributed by atoms with van der Waals surface area (Å²) in [5, 5.41) is 4.89. The molecule has 2 aromatic heterocycles. The molecule has 0 spiro atoms. The van der Waals surface area contributed by atoms with Crippen LogP contribution in [0.5, 0.6) is 0 Å². The molecule has 9 aromatic carbocycles. The van der Waals surface area contributed by atoms with Crippen LogP contribution in [0.15, 0.2) is 174 Å². The van der Waals surface area contributed by atoms with Crippen molar-refractivity contribution in [3.8, 4) is 11.1 Å². The summed E-state index contributed by atoms with van der Waals surface area (Å²) in [5.74, 6) is 0. The Labute approximate surface area is 502 Å². The van der Waals surface area contributed by atoms with Gasteiger partial charge in [-0.05, 0) is 152 Å². The number of furan rings is 1. The smallest absolute Gasteiger partial charge is 0.252 e.